The van der Waals surface area contributed by atoms with Gasteiger partial charge < -0.3 is 19.4 Å². The molecule has 3 aliphatic rings. The van der Waals surface area contributed by atoms with Gasteiger partial charge in [0.15, 0.2) is 0 Å². The minimum atomic E-state index is -3.41. The number of nitrogens with zero attached hydrogens (tertiary/aromatic N) is 3. The molecule has 3 aliphatic heterocycles. The number of carbonyl (C=O) groups excluding carboxylic acids is 1. The second kappa shape index (κ2) is 7.82. The lowest BCUT2D eigenvalue weighted by molar-refractivity contribution is 0.0412. The van der Waals surface area contributed by atoms with Crippen molar-refractivity contribution in [1.29, 1.82) is 0 Å². The number of pyridine rings is 1. The van der Waals surface area contributed by atoms with Gasteiger partial charge >= 0.3 is 6.09 Å². The van der Waals surface area contributed by atoms with E-state index in [9.17, 15) is 13.2 Å². The van der Waals surface area contributed by atoms with Crippen LogP contribution in [0.3, 0.4) is 0 Å². The zero-order chi connectivity index (χ0) is 20.7. The molecule has 0 unspecified atom stereocenters. The molecule has 3 fully saturated rings. The molecule has 0 aliphatic carbocycles. The maximum Gasteiger partial charge on any atom is 0.410 e. The van der Waals surface area contributed by atoms with Crippen molar-refractivity contribution < 1.29 is 22.7 Å². The van der Waals surface area contributed by atoms with Gasteiger partial charge in [0.2, 0.25) is 10.0 Å². The topological polar surface area (TPSA) is 105 Å². The lowest BCUT2D eigenvalue weighted by atomic mass is 9.90. The van der Waals surface area contributed by atoms with Gasteiger partial charge in [-0.15, -0.1) is 0 Å². The van der Waals surface area contributed by atoms with E-state index in [0.717, 1.165) is 23.9 Å². The van der Waals surface area contributed by atoms with Gasteiger partial charge in [-0.05, 0) is 36.5 Å². The van der Waals surface area contributed by atoms with Crippen molar-refractivity contribution in [3.63, 3.8) is 0 Å². The summed E-state index contributed by atoms with van der Waals surface area (Å²) in [5.41, 5.74) is 2.08. The van der Waals surface area contributed by atoms with Crippen molar-refractivity contribution in [2.24, 2.45) is 0 Å². The molecule has 1 amide bonds. The predicted octanol–water partition coefficient (Wildman–Crippen LogP) is 1.68. The number of rotatable bonds is 4. The standard InChI is InChI=1S/C20H26N4O5S/c25-20(29-15-5-9-28-13-15)23-11-16(12-23)30(26,27)24-7-3-14(4-8-24)18-10-22-19-17(18)2-1-6-21-19/h1-2,6,10,14-16H,3-5,7-9,11-13H2,(H,21,22)/t15-/m0/s1. The fourth-order valence-electron chi connectivity index (χ4n) is 4.55. The van der Waals surface area contributed by atoms with Crippen molar-refractivity contribution in [3.8, 4) is 0 Å². The number of carbonyl (C=O) groups is 1. The summed E-state index contributed by atoms with van der Waals surface area (Å²) in [5, 5.41) is 0.568. The molecule has 10 heteroatoms. The van der Waals surface area contributed by atoms with E-state index in [1.54, 1.807) is 10.5 Å². The van der Waals surface area contributed by atoms with E-state index in [1.807, 2.05) is 12.3 Å². The minimum Gasteiger partial charge on any atom is -0.444 e. The number of nitrogens with one attached hydrogen (secondary N) is 1. The molecule has 162 valence electrons. The van der Waals surface area contributed by atoms with Crippen LogP contribution in [0.25, 0.3) is 11.0 Å². The Bertz CT molecular complexity index is 1020. The number of likely N-dealkylation sites (tertiary alicyclic amines) is 1. The molecule has 0 spiro atoms. The fourth-order valence-corrected chi connectivity index (χ4v) is 6.42. The van der Waals surface area contributed by atoms with Crippen molar-refractivity contribution in [1.82, 2.24) is 19.2 Å². The fraction of sp³-hybridized carbons (Fsp3) is 0.600. The van der Waals surface area contributed by atoms with Crippen LogP contribution in [-0.2, 0) is 19.5 Å². The van der Waals surface area contributed by atoms with Crippen LogP contribution in [0.15, 0.2) is 24.5 Å². The molecule has 30 heavy (non-hydrogen) atoms. The minimum absolute atomic E-state index is 0.197. The first-order valence-electron chi connectivity index (χ1n) is 10.5. The molecular weight excluding hydrogens is 408 g/mol. The third-order valence-electron chi connectivity index (χ3n) is 6.42. The highest BCUT2D eigenvalue weighted by atomic mass is 32.2. The summed E-state index contributed by atoms with van der Waals surface area (Å²) in [6.07, 6.45) is 5.36. The molecule has 0 radical (unpaired) electrons. The maximum atomic E-state index is 13.0. The number of aromatic amines is 1. The van der Waals surface area contributed by atoms with Crippen LogP contribution in [0.5, 0.6) is 0 Å². The number of amides is 1. The smallest absolute Gasteiger partial charge is 0.410 e. The van der Waals surface area contributed by atoms with Crippen molar-refractivity contribution >= 4 is 27.1 Å². The quantitative estimate of drug-likeness (QED) is 0.785. The van der Waals surface area contributed by atoms with Gasteiger partial charge in [-0.25, -0.2) is 22.5 Å². The summed E-state index contributed by atoms with van der Waals surface area (Å²) in [6, 6.07) is 3.98. The van der Waals surface area contributed by atoms with Crippen LogP contribution in [0.4, 0.5) is 4.79 Å². The Morgan fingerprint density at radius 3 is 2.77 bits per heavy atom. The SMILES string of the molecule is O=C(O[C@H]1CCOC1)N1CC(S(=O)(=O)N2CCC(c3c[nH]c4ncccc34)CC2)C1. The Kier molecular flexibility index (Phi) is 5.16. The van der Waals surface area contributed by atoms with Crippen molar-refractivity contribution in [2.75, 3.05) is 39.4 Å². The van der Waals surface area contributed by atoms with Crippen molar-refractivity contribution in [3.05, 3.63) is 30.1 Å². The second-order valence-electron chi connectivity index (χ2n) is 8.26. The van der Waals surface area contributed by atoms with E-state index >= 15 is 0 Å². The second-order valence-corrected chi connectivity index (χ2v) is 10.5. The molecular formula is C20H26N4O5S. The molecule has 9 nitrogen and oxygen atoms in total. The third kappa shape index (κ3) is 3.57. The summed E-state index contributed by atoms with van der Waals surface area (Å²) in [5.74, 6) is 0.316. The van der Waals surface area contributed by atoms with E-state index in [-0.39, 0.29) is 19.2 Å². The van der Waals surface area contributed by atoms with Crippen LogP contribution in [0.1, 0.15) is 30.7 Å². The van der Waals surface area contributed by atoms with Crippen LogP contribution in [-0.4, -0.2) is 84.4 Å². The number of aromatic nitrogens is 2. The van der Waals surface area contributed by atoms with Gasteiger partial charge in [0.1, 0.15) is 17.0 Å². The summed E-state index contributed by atoms with van der Waals surface area (Å²) in [7, 11) is -3.41. The number of ether oxygens (including phenoxy) is 2. The number of H-pyrrole nitrogens is 1. The summed E-state index contributed by atoms with van der Waals surface area (Å²) < 4.78 is 38.1. The Labute approximate surface area is 175 Å². The third-order valence-corrected chi connectivity index (χ3v) is 8.65. The van der Waals surface area contributed by atoms with E-state index in [4.69, 9.17) is 9.47 Å². The normalized spacial score (nSPS) is 24.3. The summed E-state index contributed by atoms with van der Waals surface area (Å²) in [4.78, 5) is 21.1. The Balaban J connectivity index is 1.16. The molecule has 0 saturated carbocycles. The van der Waals surface area contributed by atoms with Gasteiger partial charge in [-0.3, -0.25) is 0 Å². The van der Waals surface area contributed by atoms with Crippen molar-refractivity contribution in [2.45, 2.75) is 36.5 Å². The van der Waals surface area contributed by atoms with E-state index in [2.05, 4.69) is 16.0 Å². The van der Waals surface area contributed by atoms with E-state index < -0.39 is 21.4 Å². The molecule has 5 rings (SSSR count). The van der Waals surface area contributed by atoms with E-state index in [0.29, 0.717) is 38.6 Å². The highest BCUT2D eigenvalue weighted by molar-refractivity contribution is 7.89. The van der Waals surface area contributed by atoms with Gasteiger partial charge in [0.25, 0.3) is 0 Å². The monoisotopic (exact) mass is 434 g/mol. The molecule has 3 saturated heterocycles. The van der Waals surface area contributed by atoms with Crippen LogP contribution in [0.2, 0.25) is 0 Å². The van der Waals surface area contributed by atoms with Crippen LogP contribution < -0.4 is 0 Å². The molecule has 1 N–H and O–H groups in total. The lowest BCUT2D eigenvalue weighted by Crippen LogP contribution is -2.60. The molecule has 1 atom stereocenters. The summed E-state index contributed by atoms with van der Waals surface area (Å²) in [6.45, 7) is 2.41. The van der Waals surface area contributed by atoms with E-state index in [1.165, 1.54) is 10.5 Å². The molecule has 0 bridgehead atoms. The number of hydrogen-bond acceptors (Lipinski definition) is 6. The van der Waals surface area contributed by atoms with Gasteiger partial charge in [-0.1, -0.05) is 0 Å². The largest absolute Gasteiger partial charge is 0.444 e. The summed E-state index contributed by atoms with van der Waals surface area (Å²) >= 11 is 0. The average Bonchev–Trinajstić information content (AvgIpc) is 3.36. The van der Waals surface area contributed by atoms with Gasteiger partial charge in [0.05, 0.1) is 13.2 Å². The molecule has 5 heterocycles. The lowest BCUT2D eigenvalue weighted by Gasteiger charge is -2.41. The van der Waals surface area contributed by atoms with Crippen LogP contribution >= 0.6 is 0 Å². The van der Waals surface area contributed by atoms with Crippen LogP contribution in [0, 0.1) is 0 Å². The first-order chi connectivity index (χ1) is 14.5. The Morgan fingerprint density at radius 2 is 2.03 bits per heavy atom. The highest BCUT2D eigenvalue weighted by Gasteiger charge is 2.44. The molecule has 2 aromatic heterocycles. The number of sulfonamides is 1. The highest BCUT2D eigenvalue weighted by Crippen LogP contribution is 2.34. The average molecular weight is 435 g/mol. The first kappa shape index (κ1) is 19.8. The Hall–Kier alpha value is -2.17. The Morgan fingerprint density at radius 1 is 1.23 bits per heavy atom. The number of piperidine rings is 1. The zero-order valence-electron chi connectivity index (χ0n) is 16.7. The van der Waals surface area contributed by atoms with Gasteiger partial charge in [0, 0.05) is 50.4 Å². The molecule has 2 aromatic rings. The zero-order valence-corrected chi connectivity index (χ0v) is 17.5. The molecule has 0 aromatic carbocycles. The first-order valence-corrected chi connectivity index (χ1v) is 12.0. The maximum absolute atomic E-state index is 13.0. The van der Waals surface area contributed by atoms with Gasteiger partial charge in [-0.2, -0.15) is 0 Å². The number of fused-ring (bicyclic) bond motifs is 1. The number of hydrogen-bond donors (Lipinski definition) is 1. The predicted molar refractivity (Wildman–Crippen MR) is 110 cm³/mol.